The van der Waals surface area contributed by atoms with Gasteiger partial charge in [-0.3, -0.25) is 0 Å². The van der Waals surface area contributed by atoms with E-state index in [1.165, 1.54) is 11.8 Å². The Morgan fingerprint density at radius 1 is 1.40 bits per heavy atom. The van der Waals surface area contributed by atoms with Crippen LogP contribution in [0.25, 0.3) is 0 Å². The van der Waals surface area contributed by atoms with E-state index in [2.05, 4.69) is 15.0 Å². The molecule has 0 spiro atoms. The van der Waals surface area contributed by atoms with Crippen LogP contribution in [-0.2, 0) is 13.6 Å². The number of imidazole rings is 1. The minimum absolute atomic E-state index is 0.427. The second-order valence-electron chi connectivity index (χ2n) is 2.96. The van der Waals surface area contributed by atoms with Crippen LogP contribution in [-0.4, -0.2) is 19.5 Å². The maximum atomic E-state index is 5.50. The first-order chi connectivity index (χ1) is 7.29. The molecule has 0 radical (unpaired) electrons. The smallest absolute Gasteiger partial charge is 0.195 e. The van der Waals surface area contributed by atoms with Crippen molar-refractivity contribution in [3.8, 4) is 0 Å². The van der Waals surface area contributed by atoms with Crippen LogP contribution in [0.4, 0.5) is 0 Å². The van der Waals surface area contributed by atoms with Crippen LogP contribution in [0.1, 0.15) is 5.69 Å². The van der Waals surface area contributed by atoms with E-state index in [0.717, 1.165) is 10.9 Å². The number of aryl methyl sites for hydroxylation is 1. The first kappa shape index (κ1) is 10.1. The summed E-state index contributed by atoms with van der Waals surface area (Å²) in [6, 6.07) is 1.81. The van der Waals surface area contributed by atoms with Crippen molar-refractivity contribution in [1.29, 1.82) is 0 Å². The Kier molecular flexibility index (Phi) is 2.98. The van der Waals surface area contributed by atoms with Crippen LogP contribution in [0.15, 0.2) is 35.0 Å². The number of rotatable bonds is 3. The number of nitrogens with two attached hydrogens (primary N) is 1. The molecule has 78 valence electrons. The highest BCUT2D eigenvalue weighted by molar-refractivity contribution is 7.99. The molecule has 0 aliphatic heterocycles. The Balaban J connectivity index is 2.21. The molecule has 0 amide bonds. The van der Waals surface area contributed by atoms with Crippen molar-refractivity contribution in [3.63, 3.8) is 0 Å². The van der Waals surface area contributed by atoms with Gasteiger partial charge in [-0.25, -0.2) is 15.0 Å². The second kappa shape index (κ2) is 4.41. The molecule has 0 aliphatic carbocycles. The molecule has 0 atom stereocenters. The van der Waals surface area contributed by atoms with Crippen LogP contribution in [0.3, 0.4) is 0 Å². The molecule has 0 unspecified atom stereocenters. The summed E-state index contributed by atoms with van der Waals surface area (Å²) >= 11 is 1.42. The zero-order chi connectivity index (χ0) is 10.7. The Hall–Kier alpha value is -1.40. The van der Waals surface area contributed by atoms with Gasteiger partial charge in [0.25, 0.3) is 0 Å². The van der Waals surface area contributed by atoms with Gasteiger partial charge in [0.05, 0.1) is 5.69 Å². The minimum atomic E-state index is 0.427. The zero-order valence-electron chi connectivity index (χ0n) is 8.29. The fraction of sp³-hybridized carbons (Fsp3) is 0.222. The van der Waals surface area contributed by atoms with Gasteiger partial charge in [-0.05, 0) is 17.8 Å². The van der Waals surface area contributed by atoms with Crippen LogP contribution < -0.4 is 5.73 Å². The van der Waals surface area contributed by atoms with Gasteiger partial charge in [0.15, 0.2) is 10.3 Å². The number of aromatic nitrogens is 4. The van der Waals surface area contributed by atoms with E-state index in [1.807, 2.05) is 23.9 Å². The summed E-state index contributed by atoms with van der Waals surface area (Å²) in [7, 11) is 1.93. The van der Waals surface area contributed by atoms with Crippen molar-refractivity contribution in [3.05, 3.63) is 30.4 Å². The molecule has 0 bridgehead atoms. The van der Waals surface area contributed by atoms with Gasteiger partial charge in [0, 0.05) is 32.2 Å². The third-order valence-corrected chi connectivity index (χ3v) is 2.82. The Morgan fingerprint density at radius 3 is 2.93 bits per heavy atom. The molecule has 0 saturated heterocycles. The average Bonchev–Trinajstić information content (AvgIpc) is 2.65. The van der Waals surface area contributed by atoms with Gasteiger partial charge in [-0.15, -0.1) is 0 Å². The lowest BCUT2D eigenvalue weighted by Gasteiger charge is -2.01. The fourth-order valence-corrected chi connectivity index (χ4v) is 1.83. The molecule has 5 nitrogen and oxygen atoms in total. The molecule has 2 N–H and O–H groups in total. The largest absolute Gasteiger partial charge is 0.329 e. The van der Waals surface area contributed by atoms with Gasteiger partial charge in [-0.2, -0.15) is 0 Å². The molecule has 6 heteroatoms. The van der Waals surface area contributed by atoms with Crippen molar-refractivity contribution in [1.82, 2.24) is 19.5 Å². The summed E-state index contributed by atoms with van der Waals surface area (Å²) in [5, 5.41) is 1.54. The number of nitrogens with zero attached hydrogens (tertiary/aromatic N) is 4. The van der Waals surface area contributed by atoms with E-state index in [1.54, 1.807) is 12.4 Å². The monoisotopic (exact) mass is 221 g/mol. The third kappa shape index (κ3) is 2.34. The summed E-state index contributed by atoms with van der Waals surface area (Å²) in [6.45, 7) is 0.427. The van der Waals surface area contributed by atoms with E-state index >= 15 is 0 Å². The van der Waals surface area contributed by atoms with E-state index < -0.39 is 0 Å². The molecule has 2 heterocycles. The molecule has 15 heavy (non-hydrogen) atoms. The molecule has 0 aliphatic rings. The highest BCUT2D eigenvalue weighted by atomic mass is 32.2. The zero-order valence-corrected chi connectivity index (χ0v) is 9.11. The summed E-state index contributed by atoms with van der Waals surface area (Å²) in [6.07, 6.45) is 5.34. The molecule has 0 fully saturated rings. The SMILES string of the molecule is Cn1ccnc1Sc1nccc(CN)n1. The van der Waals surface area contributed by atoms with Crippen molar-refractivity contribution < 1.29 is 0 Å². The second-order valence-corrected chi connectivity index (χ2v) is 3.89. The van der Waals surface area contributed by atoms with Crippen LogP contribution >= 0.6 is 11.8 Å². The Morgan fingerprint density at radius 2 is 2.27 bits per heavy atom. The highest BCUT2D eigenvalue weighted by Gasteiger charge is 2.05. The topological polar surface area (TPSA) is 69.6 Å². The van der Waals surface area contributed by atoms with Gasteiger partial charge in [-0.1, -0.05) is 0 Å². The number of hydrogen-bond acceptors (Lipinski definition) is 5. The van der Waals surface area contributed by atoms with Crippen LogP contribution in [0.5, 0.6) is 0 Å². The quantitative estimate of drug-likeness (QED) is 0.777. The summed E-state index contributed by atoms with van der Waals surface area (Å²) < 4.78 is 1.92. The fourth-order valence-electron chi connectivity index (χ4n) is 1.07. The summed E-state index contributed by atoms with van der Waals surface area (Å²) in [5.74, 6) is 0. The van der Waals surface area contributed by atoms with Crippen molar-refractivity contribution in [2.24, 2.45) is 12.8 Å². The van der Waals surface area contributed by atoms with Crippen molar-refractivity contribution in [2.75, 3.05) is 0 Å². The standard InChI is InChI=1S/C9H11N5S/c1-14-5-4-12-9(14)15-8-11-3-2-7(6-10)13-8/h2-5H,6,10H2,1H3. The number of hydrogen-bond donors (Lipinski definition) is 1. The molecule has 2 aromatic rings. The molecule has 0 aromatic carbocycles. The van der Waals surface area contributed by atoms with Gasteiger partial charge in [0.2, 0.25) is 0 Å². The Labute approximate surface area is 91.8 Å². The normalized spacial score (nSPS) is 10.5. The molecular weight excluding hydrogens is 210 g/mol. The maximum Gasteiger partial charge on any atom is 0.195 e. The van der Waals surface area contributed by atoms with E-state index in [0.29, 0.717) is 11.7 Å². The lowest BCUT2D eigenvalue weighted by molar-refractivity contribution is 0.782. The van der Waals surface area contributed by atoms with Gasteiger partial charge < -0.3 is 10.3 Å². The van der Waals surface area contributed by atoms with E-state index in [4.69, 9.17) is 5.73 Å². The summed E-state index contributed by atoms with van der Waals surface area (Å²) in [4.78, 5) is 12.6. The van der Waals surface area contributed by atoms with Crippen molar-refractivity contribution >= 4 is 11.8 Å². The first-order valence-corrected chi connectivity index (χ1v) is 5.28. The lowest BCUT2D eigenvalue weighted by atomic mass is 10.4. The third-order valence-electron chi connectivity index (χ3n) is 1.86. The molecule has 2 aromatic heterocycles. The highest BCUT2D eigenvalue weighted by Crippen LogP contribution is 2.21. The molecular formula is C9H11N5S. The predicted molar refractivity (Wildman–Crippen MR) is 57.3 cm³/mol. The van der Waals surface area contributed by atoms with Crippen LogP contribution in [0.2, 0.25) is 0 Å². The van der Waals surface area contributed by atoms with E-state index in [9.17, 15) is 0 Å². The molecule has 2 rings (SSSR count). The summed E-state index contributed by atoms with van der Waals surface area (Å²) in [5.41, 5.74) is 6.34. The minimum Gasteiger partial charge on any atom is -0.329 e. The maximum absolute atomic E-state index is 5.50. The van der Waals surface area contributed by atoms with Crippen molar-refractivity contribution in [2.45, 2.75) is 16.9 Å². The predicted octanol–water partition coefficient (Wildman–Crippen LogP) is 0.820. The lowest BCUT2D eigenvalue weighted by Crippen LogP contribution is -2.01. The Bertz CT molecular complexity index is 453. The molecule has 0 saturated carbocycles. The van der Waals surface area contributed by atoms with E-state index in [-0.39, 0.29) is 0 Å². The van der Waals surface area contributed by atoms with Gasteiger partial charge in [0.1, 0.15) is 0 Å². The van der Waals surface area contributed by atoms with Gasteiger partial charge >= 0.3 is 0 Å². The first-order valence-electron chi connectivity index (χ1n) is 4.47. The average molecular weight is 221 g/mol. The van der Waals surface area contributed by atoms with Crippen LogP contribution in [0, 0.1) is 0 Å².